The maximum Gasteiger partial charge on any atom is 0.302 e. The molecule has 5 heteroatoms. The second-order valence-electron chi connectivity index (χ2n) is 4.50. The third kappa shape index (κ3) is 8.06. The zero-order valence-corrected chi connectivity index (χ0v) is 13.5. The maximum absolute atomic E-state index is 10.6. The second kappa shape index (κ2) is 7.65. The Morgan fingerprint density at radius 1 is 1.53 bits per heavy atom. The summed E-state index contributed by atoms with van der Waals surface area (Å²) in [6.07, 6.45) is 1.60. The molecule has 2 unspecified atom stereocenters. The van der Waals surface area contributed by atoms with Crippen molar-refractivity contribution in [2.45, 2.75) is 48.7 Å². The quantitative estimate of drug-likeness (QED) is 0.391. The molecule has 0 spiro atoms. The summed E-state index contributed by atoms with van der Waals surface area (Å²) in [5.41, 5.74) is 0.860. The summed E-state index contributed by atoms with van der Waals surface area (Å²) in [6.45, 7) is 9.34. The first-order valence-electron chi connectivity index (χ1n) is 5.42. The van der Waals surface area contributed by atoms with Crippen LogP contribution >= 0.6 is 39.1 Å². The molecule has 2 nitrogen and oxygen atoms in total. The van der Waals surface area contributed by atoms with Crippen molar-refractivity contribution in [1.82, 2.24) is 0 Å². The zero-order valence-electron chi connectivity index (χ0n) is 10.4. The fourth-order valence-corrected chi connectivity index (χ4v) is 1.63. The molecule has 0 bridgehead atoms. The molecule has 0 N–H and O–H groups in total. The highest BCUT2D eigenvalue weighted by Gasteiger charge is 2.24. The molecule has 100 valence electrons. The summed E-state index contributed by atoms with van der Waals surface area (Å²) in [5, 5.41) is -0.336. The van der Waals surface area contributed by atoms with E-state index in [1.165, 1.54) is 6.92 Å². The van der Waals surface area contributed by atoms with E-state index in [2.05, 4.69) is 22.5 Å². The van der Waals surface area contributed by atoms with Crippen molar-refractivity contribution in [3.8, 4) is 0 Å². The Kier molecular flexibility index (Phi) is 7.77. The molecular weight excluding hydrogens is 327 g/mol. The van der Waals surface area contributed by atoms with Crippen LogP contribution in [0.25, 0.3) is 0 Å². The molecule has 0 aromatic heterocycles. The molecule has 2 atom stereocenters. The Hall–Kier alpha value is 0.270. The highest BCUT2D eigenvalue weighted by Crippen LogP contribution is 2.30. The van der Waals surface area contributed by atoms with Gasteiger partial charge in [0, 0.05) is 11.8 Å². The van der Waals surface area contributed by atoms with E-state index in [1.54, 1.807) is 0 Å². The first-order chi connectivity index (χ1) is 7.64. The van der Waals surface area contributed by atoms with Crippen LogP contribution in [0.2, 0.25) is 0 Å². The van der Waals surface area contributed by atoms with Gasteiger partial charge in [0.15, 0.2) is 0 Å². The van der Waals surface area contributed by atoms with Crippen LogP contribution in [0, 0.1) is 0 Å². The van der Waals surface area contributed by atoms with Crippen molar-refractivity contribution >= 4 is 45.1 Å². The first-order valence-corrected chi connectivity index (χ1v) is 7.15. The van der Waals surface area contributed by atoms with Crippen molar-refractivity contribution in [3.63, 3.8) is 0 Å². The van der Waals surface area contributed by atoms with Crippen LogP contribution < -0.4 is 0 Å². The van der Waals surface area contributed by atoms with Gasteiger partial charge in [-0.2, -0.15) is 0 Å². The number of esters is 1. The van der Waals surface area contributed by atoms with Gasteiger partial charge in [-0.1, -0.05) is 28.1 Å². The molecule has 0 aliphatic carbocycles. The smallest absolute Gasteiger partial charge is 0.302 e. The highest BCUT2D eigenvalue weighted by molar-refractivity contribution is 9.09. The molecule has 0 saturated heterocycles. The lowest BCUT2D eigenvalue weighted by Gasteiger charge is -2.23. The summed E-state index contributed by atoms with van der Waals surface area (Å²) < 4.78 is 4.83. The molecule has 0 rings (SSSR count). The van der Waals surface area contributed by atoms with Gasteiger partial charge in [0.2, 0.25) is 0 Å². The number of hydrogen-bond acceptors (Lipinski definition) is 2. The molecular formula is C12H19BrCl2O2. The van der Waals surface area contributed by atoms with E-state index >= 15 is 0 Å². The SMILES string of the molecule is C=C(CCC(Br)C(C)(C)Cl)C(Cl)COC(C)=O. The van der Waals surface area contributed by atoms with E-state index in [4.69, 9.17) is 27.9 Å². The Morgan fingerprint density at radius 2 is 2.06 bits per heavy atom. The van der Waals surface area contributed by atoms with Gasteiger partial charge in [-0.15, -0.1) is 23.2 Å². The summed E-state index contributed by atoms with van der Waals surface area (Å²) in [6, 6.07) is 0. The summed E-state index contributed by atoms with van der Waals surface area (Å²) in [7, 11) is 0. The van der Waals surface area contributed by atoms with Gasteiger partial charge in [0.05, 0.1) is 10.3 Å². The average Bonchev–Trinajstić information content (AvgIpc) is 2.20. The fourth-order valence-electron chi connectivity index (χ4n) is 1.12. The number of rotatable bonds is 7. The van der Waals surface area contributed by atoms with Gasteiger partial charge >= 0.3 is 5.97 Å². The average molecular weight is 346 g/mol. The van der Waals surface area contributed by atoms with Crippen LogP contribution in [0.3, 0.4) is 0 Å². The molecule has 0 saturated carbocycles. The summed E-state index contributed by atoms with van der Waals surface area (Å²) >= 11 is 15.8. The Morgan fingerprint density at radius 3 is 2.47 bits per heavy atom. The fraction of sp³-hybridized carbons (Fsp3) is 0.750. The predicted octanol–water partition coefficient (Wildman–Crippen LogP) is 4.27. The third-order valence-electron chi connectivity index (χ3n) is 2.34. The van der Waals surface area contributed by atoms with Crippen molar-refractivity contribution < 1.29 is 9.53 Å². The molecule has 0 aliphatic heterocycles. The van der Waals surface area contributed by atoms with E-state index < -0.39 is 0 Å². The molecule has 0 fully saturated rings. The molecule has 0 radical (unpaired) electrons. The number of ether oxygens (including phenoxy) is 1. The van der Waals surface area contributed by atoms with Gasteiger partial charge in [-0.25, -0.2) is 0 Å². The van der Waals surface area contributed by atoms with E-state index in [0.717, 1.165) is 18.4 Å². The number of alkyl halides is 3. The van der Waals surface area contributed by atoms with Crippen LogP contribution in [-0.4, -0.2) is 27.7 Å². The minimum Gasteiger partial charge on any atom is -0.464 e. The minimum absolute atomic E-state index is 0.174. The first kappa shape index (κ1) is 17.3. The number of hydrogen-bond donors (Lipinski definition) is 0. The summed E-state index contributed by atoms with van der Waals surface area (Å²) in [4.78, 5) is 10.5. The number of carbonyl (C=O) groups excluding carboxylic acids is 1. The molecule has 0 aromatic carbocycles. The molecule has 0 heterocycles. The topological polar surface area (TPSA) is 26.3 Å². The van der Waals surface area contributed by atoms with Gasteiger partial charge in [0.25, 0.3) is 0 Å². The predicted molar refractivity (Wildman–Crippen MR) is 77.3 cm³/mol. The van der Waals surface area contributed by atoms with Gasteiger partial charge in [-0.05, 0) is 26.7 Å². The Labute approximate surface area is 122 Å². The standard InChI is InChI=1S/C12H19BrCl2O2/c1-8(10(14)7-17-9(2)16)5-6-11(13)12(3,4)15/h10-11H,1,5-7H2,2-4H3. The molecule has 17 heavy (non-hydrogen) atoms. The largest absolute Gasteiger partial charge is 0.464 e. The minimum atomic E-state index is -0.336. The Bertz CT molecular complexity index is 274. The van der Waals surface area contributed by atoms with E-state index in [0.29, 0.717) is 0 Å². The number of halogens is 3. The third-order valence-corrected chi connectivity index (χ3v) is 4.90. The Balaban J connectivity index is 3.97. The van der Waals surface area contributed by atoms with Crippen molar-refractivity contribution in [2.24, 2.45) is 0 Å². The normalized spacial score (nSPS) is 15.2. The number of carbonyl (C=O) groups is 1. The molecule has 0 aliphatic rings. The maximum atomic E-state index is 10.6. The van der Waals surface area contributed by atoms with Gasteiger partial charge in [-0.3, -0.25) is 4.79 Å². The lowest BCUT2D eigenvalue weighted by Crippen LogP contribution is -2.25. The van der Waals surface area contributed by atoms with E-state index in [9.17, 15) is 4.79 Å². The van der Waals surface area contributed by atoms with Crippen LogP contribution in [0.1, 0.15) is 33.6 Å². The highest BCUT2D eigenvalue weighted by atomic mass is 79.9. The van der Waals surface area contributed by atoms with Gasteiger partial charge < -0.3 is 4.74 Å². The van der Waals surface area contributed by atoms with Gasteiger partial charge in [0.1, 0.15) is 6.61 Å². The van der Waals surface area contributed by atoms with Crippen LogP contribution in [0.15, 0.2) is 12.2 Å². The monoisotopic (exact) mass is 344 g/mol. The van der Waals surface area contributed by atoms with Crippen molar-refractivity contribution in [3.05, 3.63) is 12.2 Å². The molecule has 0 amide bonds. The summed E-state index contributed by atoms with van der Waals surface area (Å²) in [5.74, 6) is -0.330. The van der Waals surface area contributed by atoms with Crippen molar-refractivity contribution in [1.29, 1.82) is 0 Å². The van der Waals surface area contributed by atoms with E-state index in [1.807, 2.05) is 13.8 Å². The zero-order chi connectivity index (χ0) is 13.6. The van der Waals surface area contributed by atoms with Crippen LogP contribution in [-0.2, 0) is 9.53 Å². The second-order valence-corrected chi connectivity index (χ2v) is 7.11. The molecule has 0 aromatic rings. The lowest BCUT2D eigenvalue weighted by molar-refractivity contribution is -0.140. The lowest BCUT2D eigenvalue weighted by atomic mass is 10.0. The van der Waals surface area contributed by atoms with Crippen LogP contribution in [0.5, 0.6) is 0 Å². The van der Waals surface area contributed by atoms with Crippen LogP contribution in [0.4, 0.5) is 0 Å². The van der Waals surface area contributed by atoms with Crippen molar-refractivity contribution in [2.75, 3.05) is 6.61 Å². The van der Waals surface area contributed by atoms with E-state index in [-0.39, 0.29) is 27.7 Å².